The molecule has 1 aromatic heterocycles. The SMILES string of the molecule is O=C(COc1ccccc1Cc1ccccc1)Nc1cccc(OCCn2cncn2)c1. The number of rotatable bonds is 10. The number of anilines is 1. The fourth-order valence-corrected chi connectivity index (χ4v) is 3.22. The summed E-state index contributed by atoms with van der Waals surface area (Å²) in [6.07, 6.45) is 3.86. The van der Waals surface area contributed by atoms with Crippen LogP contribution in [0, 0.1) is 0 Å². The number of amides is 1. The zero-order valence-corrected chi connectivity index (χ0v) is 17.6. The second-order valence-corrected chi connectivity index (χ2v) is 7.14. The molecule has 0 aliphatic carbocycles. The summed E-state index contributed by atoms with van der Waals surface area (Å²) in [7, 11) is 0. The van der Waals surface area contributed by atoms with Crippen molar-refractivity contribution >= 4 is 11.6 Å². The molecule has 3 aromatic carbocycles. The molecule has 1 N–H and O–H groups in total. The van der Waals surface area contributed by atoms with Crippen LogP contribution < -0.4 is 14.8 Å². The number of carbonyl (C=O) groups excluding carboxylic acids is 1. The summed E-state index contributed by atoms with van der Waals surface area (Å²) in [6.45, 7) is 0.956. The van der Waals surface area contributed by atoms with Crippen molar-refractivity contribution in [2.75, 3.05) is 18.5 Å². The molecule has 162 valence electrons. The Balaban J connectivity index is 1.29. The van der Waals surface area contributed by atoms with Gasteiger partial charge in [-0.25, -0.2) is 9.67 Å². The van der Waals surface area contributed by atoms with E-state index in [4.69, 9.17) is 9.47 Å². The van der Waals surface area contributed by atoms with Crippen molar-refractivity contribution < 1.29 is 14.3 Å². The van der Waals surface area contributed by atoms with Gasteiger partial charge in [0, 0.05) is 18.2 Å². The minimum Gasteiger partial charge on any atom is -0.492 e. The normalized spacial score (nSPS) is 10.5. The van der Waals surface area contributed by atoms with Gasteiger partial charge in [-0.15, -0.1) is 0 Å². The molecule has 7 heteroatoms. The van der Waals surface area contributed by atoms with Crippen LogP contribution >= 0.6 is 0 Å². The van der Waals surface area contributed by atoms with E-state index in [1.54, 1.807) is 17.1 Å². The lowest BCUT2D eigenvalue weighted by Crippen LogP contribution is -2.20. The molecule has 0 spiro atoms. The zero-order chi connectivity index (χ0) is 22.0. The van der Waals surface area contributed by atoms with E-state index in [1.807, 2.05) is 60.7 Å². The van der Waals surface area contributed by atoms with E-state index in [0.717, 1.165) is 12.0 Å². The Morgan fingerprint density at radius 1 is 0.938 bits per heavy atom. The third-order valence-electron chi connectivity index (χ3n) is 4.74. The maximum absolute atomic E-state index is 12.4. The number of nitrogens with zero attached hydrogens (tertiary/aromatic N) is 3. The number of para-hydroxylation sites is 1. The minimum atomic E-state index is -0.237. The first-order chi connectivity index (χ1) is 15.8. The molecule has 4 aromatic rings. The molecule has 0 radical (unpaired) electrons. The van der Waals surface area contributed by atoms with E-state index in [-0.39, 0.29) is 12.5 Å². The van der Waals surface area contributed by atoms with E-state index in [1.165, 1.54) is 11.9 Å². The summed E-state index contributed by atoms with van der Waals surface area (Å²) in [4.78, 5) is 16.3. The van der Waals surface area contributed by atoms with Gasteiger partial charge in [-0.05, 0) is 29.3 Å². The highest BCUT2D eigenvalue weighted by Crippen LogP contribution is 2.22. The average Bonchev–Trinajstić information content (AvgIpc) is 3.33. The van der Waals surface area contributed by atoms with Crippen molar-refractivity contribution in [3.63, 3.8) is 0 Å². The molecule has 4 rings (SSSR count). The summed E-state index contributed by atoms with van der Waals surface area (Å²) in [5.74, 6) is 1.13. The van der Waals surface area contributed by atoms with Gasteiger partial charge in [0.25, 0.3) is 5.91 Å². The first-order valence-electron chi connectivity index (χ1n) is 10.4. The summed E-state index contributed by atoms with van der Waals surface area (Å²) < 4.78 is 13.2. The van der Waals surface area contributed by atoms with Gasteiger partial charge in [0.2, 0.25) is 0 Å². The van der Waals surface area contributed by atoms with Gasteiger partial charge in [0.15, 0.2) is 6.61 Å². The summed E-state index contributed by atoms with van der Waals surface area (Å²) in [6, 6.07) is 25.2. The van der Waals surface area contributed by atoms with Crippen LogP contribution in [0.1, 0.15) is 11.1 Å². The highest BCUT2D eigenvalue weighted by atomic mass is 16.5. The Kier molecular flexibility index (Phi) is 7.10. The van der Waals surface area contributed by atoms with Crippen LogP contribution in [-0.4, -0.2) is 33.9 Å². The number of ether oxygens (including phenoxy) is 2. The Bertz CT molecular complexity index is 1130. The van der Waals surface area contributed by atoms with Gasteiger partial charge in [-0.3, -0.25) is 4.79 Å². The summed E-state index contributed by atoms with van der Waals surface area (Å²) >= 11 is 0. The Hall–Kier alpha value is -4.13. The third kappa shape index (κ3) is 6.18. The first-order valence-corrected chi connectivity index (χ1v) is 10.4. The Labute approximate surface area is 186 Å². The highest BCUT2D eigenvalue weighted by Gasteiger charge is 2.08. The Morgan fingerprint density at radius 3 is 2.62 bits per heavy atom. The summed E-state index contributed by atoms with van der Waals surface area (Å²) in [5.41, 5.74) is 2.87. The van der Waals surface area contributed by atoms with Crippen molar-refractivity contribution in [1.82, 2.24) is 14.8 Å². The van der Waals surface area contributed by atoms with Crippen molar-refractivity contribution in [3.8, 4) is 11.5 Å². The maximum atomic E-state index is 12.4. The predicted molar refractivity (Wildman–Crippen MR) is 122 cm³/mol. The molecular weight excluding hydrogens is 404 g/mol. The second kappa shape index (κ2) is 10.8. The number of benzene rings is 3. The minimum absolute atomic E-state index is 0.0802. The Morgan fingerprint density at radius 2 is 1.78 bits per heavy atom. The lowest BCUT2D eigenvalue weighted by atomic mass is 10.0. The number of hydrogen-bond acceptors (Lipinski definition) is 5. The molecule has 1 heterocycles. The van der Waals surface area contributed by atoms with Gasteiger partial charge in [-0.1, -0.05) is 54.6 Å². The lowest BCUT2D eigenvalue weighted by molar-refractivity contribution is -0.118. The molecule has 0 atom stereocenters. The number of aromatic nitrogens is 3. The van der Waals surface area contributed by atoms with E-state index >= 15 is 0 Å². The van der Waals surface area contributed by atoms with Gasteiger partial charge in [0.1, 0.15) is 30.8 Å². The van der Waals surface area contributed by atoms with E-state index in [0.29, 0.717) is 30.3 Å². The van der Waals surface area contributed by atoms with Crippen LogP contribution in [0.15, 0.2) is 91.5 Å². The predicted octanol–water partition coefficient (Wildman–Crippen LogP) is 3.97. The topological polar surface area (TPSA) is 78.3 Å². The molecule has 0 aliphatic rings. The van der Waals surface area contributed by atoms with Crippen LogP contribution in [0.3, 0.4) is 0 Å². The van der Waals surface area contributed by atoms with Crippen molar-refractivity contribution in [2.24, 2.45) is 0 Å². The average molecular weight is 428 g/mol. The maximum Gasteiger partial charge on any atom is 0.262 e. The molecular formula is C25H24N4O3. The molecule has 0 fully saturated rings. The van der Waals surface area contributed by atoms with Crippen molar-refractivity contribution in [1.29, 1.82) is 0 Å². The zero-order valence-electron chi connectivity index (χ0n) is 17.6. The molecule has 0 saturated heterocycles. The van der Waals surface area contributed by atoms with Gasteiger partial charge in [0.05, 0.1) is 6.54 Å². The van der Waals surface area contributed by atoms with E-state index in [9.17, 15) is 4.79 Å². The van der Waals surface area contributed by atoms with Crippen LogP contribution in [0.4, 0.5) is 5.69 Å². The van der Waals surface area contributed by atoms with E-state index < -0.39 is 0 Å². The molecule has 0 saturated carbocycles. The van der Waals surface area contributed by atoms with Crippen LogP contribution in [-0.2, 0) is 17.8 Å². The first kappa shape index (κ1) is 21.1. The molecule has 1 amide bonds. The third-order valence-corrected chi connectivity index (χ3v) is 4.74. The van der Waals surface area contributed by atoms with Crippen LogP contribution in [0.5, 0.6) is 11.5 Å². The van der Waals surface area contributed by atoms with Gasteiger partial charge >= 0.3 is 0 Å². The van der Waals surface area contributed by atoms with Crippen molar-refractivity contribution in [3.05, 3.63) is 103 Å². The fourth-order valence-electron chi connectivity index (χ4n) is 3.22. The number of carbonyl (C=O) groups is 1. The summed E-state index contributed by atoms with van der Waals surface area (Å²) in [5, 5.41) is 6.89. The van der Waals surface area contributed by atoms with Crippen LogP contribution in [0.25, 0.3) is 0 Å². The second-order valence-electron chi connectivity index (χ2n) is 7.14. The largest absolute Gasteiger partial charge is 0.492 e. The smallest absolute Gasteiger partial charge is 0.262 e. The van der Waals surface area contributed by atoms with E-state index in [2.05, 4.69) is 27.5 Å². The van der Waals surface area contributed by atoms with Gasteiger partial charge in [-0.2, -0.15) is 5.10 Å². The monoisotopic (exact) mass is 428 g/mol. The molecule has 0 aliphatic heterocycles. The standard InChI is InChI=1S/C25H24N4O3/c30-25(17-32-24-12-5-4-9-21(24)15-20-7-2-1-3-8-20)28-22-10-6-11-23(16-22)31-14-13-29-19-26-18-27-29/h1-12,16,18-19H,13-15,17H2,(H,28,30). The quantitative estimate of drug-likeness (QED) is 0.414. The number of hydrogen-bond donors (Lipinski definition) is 1. The van der Waals surface area contributed by atoms with Crippen molar-refractivity contribution in [2.45, 2.75) is 13.0 Å². The van der Waals surface area contributed by atoms with Crippen LogP contribution in [0.2, 0.25) is 0 Å². The van der Waals surface area contributed by atoms with Gasteiger partial charge < -0.3 is 14.8 Å². The molecule has 7 nitrogen and oxygen atoms in total. The molecule has 0 bridgehead atoms. The highest BCUT2D eigenvalue weighted by molar-refractivity contribution is 5.92. The molecule has 32 heavy (non-hydrogen) atoms. The fraction of sp³-hybridized carbons (Fsp3) is 0.160. The number of nitrogens with one attached hydrogen (secondary N) is 1. The lowest BCUT2D eigenvalue weighted by Gasteiger charge is -2.12. The molecule has 0 unspecified atom stereocenters.